The predicted octanol–water partition coefficient (Wildman–Crippen LogP) is 3.67. The van der Waals surface area contributed by atoms with Crippen LogP contribution in [0.1, 0.15) is 70.1 Å². The van der Waals surface area contributed by atoms with Crippen LogP contribution in [0.4, 0.5) is 0 Å². The fourth-order valence-corrected chi connectivity index (χ4v) is 5.99. The molecular formula is C19H30O2. The Morgan fingerprint density at radius 3 is 2.95 bits per heavy atom. The van der Waals surface area contributed by atoms with Crippen LogP contribution in [-0.4, -0.2) is 22.9 Å². The van der Waals surface area contributed by atoms with Crippen LogP contribution in [0.25, 0.3) is 0 Å². The Morgan fingerprint density at radius 1 is 1.29 bits per heavy atom. The van der Waals surface area contributed by atoms with Crippen molar-refractivity contribution in [2.45, 2.75) is 70.7 Å². The molecule has 2 nitrogen and oxygen atoms in total. The number of fused-ring (bicyclic) bond motifs is 5. The van der Waals surface area contributed by atoms with E-state index in [1.54, 1.807) is 6.08 Å². The van der Waals surface area contributed by atoms with E-state index in [9.17, 15) is 10.2 Å². The highest BCUT2D eigenvalue weighted by molar-refractivity contribution is 5.25. The standard InChI is InChI=1S/C19H30O2/c1-18-11-9-16-14(15(18)7-8-17(18)21)6-5-13-4-2-3-10-19(13,16)12-20/h4,14-17,20-21H,2-3,5-12H2,1H3/t14-,15-,16-,17-,18-,19+/m0/s1/i2D2,6D2. The molecule has 4 rings (SSSR count). The largest absolute Gasteiger partial charge is 0.395 e. The number of allylic oxidation sites excluding steroid dienone is 1. The van der Waals surface area contributed by atoms with E-state index in [1.807, 2.05) is 0 Å². The predicted molar refractivity (Wildman–Crippen MR) is 83.7 cm³/mol. The maximum atomic E-state index is 10.5. The van der Waals surface area contributed by atoms with Gasteiger partial charge >= 0.3 is 0 Å². The van der Waals surface area contributed by atoms with E-state index in [1.165, 1.54) is 0 Å². The zero-order valence-corrected chi connectivity index (χ0v) is 12.9. The Kier molecular flexibility index (Phi) is 2.40. The first kappa shape index (κ1) is 10.4. The molecule has 0 unspecified atom stereocenters. The summed E-state index contributed by atoms with van der Waals surface area (Å²) in [6.45, 7) is 2.11. The van der Waals surface area contributed by atoms with E-state index in [0.717, 1.165) is 31.3 Å². The van der Waals surface area contributed by atoms with Gasteiger partial charge in [-0.1, -0.05) is 18.6 Å². The quantitative estimate of drug-likeness (QED) is 0.724. The zero-order valence-electron chi connectivity index (χ0n) is 16.9. The summed E-state index contributed by atoms with van der Waals surface area (Å²) >= 11 is 0. The second kappa shape index (κ2) is 4.83. The molecule has 2 N–H and O–H groups in total. The Labute approximate surface area is 134 Å². The third kappa shape index (κ3) is 1.78. The number of hydrogen-bond donors (Lipinski definition) is 2. The maximum absolute atomic E-state index is 10.5. The summed E-state index contributed by atoms with van der Waals surface area (Å²) in [4.78, 5) is 0. The van der Waals surface area contributed by atoms with E-state index in [2.05, 4.69) is 6.92 Å². The first-order chi connectivity index (χ1) is 11.6. The fourth-order valence-electron chi connectivity index (χ4n) is 5.99. The molecular weight excluding hydrogens is 260 g/mol. The molecule has 0 aromatic heterocycles. The van der Waals surface area contributed by atoms with Gasteiger partial charge in [0.05, 0.1) is 12.7 Å². The minimum Gasteiger partial charge on any atom is -0.395 e. The van der Waals surface area contributed by atoms with Crippen molar-refractivity contribution in [3.05, 3.63) is 11.6 Å². The van der Waals surface area contributed by atoms with E-state index >= 15 is 0 Å². The lowest BCUT2D eigenvalue weighted by atomic mass is 9.47. The smallest absolute Gasteiger partial charge is 0.0596 e. The lowest BCUT2D eigenvalue weighted by Crippen LogP contribution is -2.53. The van der Waals surface area contributed by atoms with Crippen molar-refractivity contribution in [3.63, 3.8) is 0 Å². The maximum Gasteiger partial charge on any atom is 0.0596 e. The molecule has 21 heavy (non-hydrogen) atoms. The van der Waals surface area contributed by atoms with Crippen molar-refractivity contribution in [2.75, 3.05) is 6.61 Å². The molecule has 0 saturated heterocycles. The van der Waals surface area contributed by atoms with Gasteiger partial charge in [-0.05, 0) is 80.9 Å². The Balaban J connectivity index is 1.81. The first-order valence-electron chi connectivity index (χ1n) is 10.6. The summed E-state index contributed by atoms with van der Waals surface area (Å²) in [6, 6.07) is 0. The molecule has 0 aromatic rings. The number of aliphatic hydroxyl groups is 2. The van der Waals surface area contributed by atoms with Crippen LogP contribution in [0.5, 0.6) is 0 Å². The van der Waals surface area contributed by atoms with Crippen molar-refractivity contribution in [1.29, 1.82) is 0 Å². The summed E-state index contributed by atoms with van der Waals surface area (Å²) in [5.74, 6) is 0.0450. The molecule has 0 radical (unpaired) electrons. The number of aliphatic hydroxyl groups excluding tert-OH is 2. The van der Waals surface area contributed by atoms with Gasteiger partial charge in [0.15, 0.2) is 0 Å². The van der Waals surface area contributed by atoms with Gasteiger partial charge in [-0.2, -0.15) is 0 Å². The second-order valence-electron chi connectivity index (χ2n) is 7.95. The van der Waals surface area contributed by atoms with Gasteiger partial charge in [0.1, 0.15) is 0 Å². The van der Waals surface area contributed by atoms with Gasteiger partial charge in [0.2, 0.25) is 0 Å². The Morgan fingerprint density at radius 2 is 2.14 bits per heavy atom. The monoisotopic (exact) mass is 294 g/mol. The second-order valence-corrected chi connectivity index (χ2v) is 7.95. The van der Waals surface area contributed by atoms with Crippen molar-refractivity contribution in [1.82, 2.24) is 0 Å². The van der Waals surface area contributed by atoms with Crippen LogP contribution in [0.3, 0.4) is 0 Å². The van der Waals surface area contributed by atoms with Gasteiger partial charge in [-0.3, -0.25) is 0 Å². The minimum absolute atomic E-state index is 0.0157. The van der Waals surface area contributed by atoms with Gasteiger partial charge in [-0.25, -0.2) is 0 Å². The first-order valence-corrected chi connectivity index (χ1v) is 8.57. The molecule has 3 saturated carbocycles. The van der Waals surface area contributed by atoms with Crippen LogP contribution in [-0.2, 0) is 0 Å². The lowest BCUT2D eigenvalue weighted by Gasteiger charge is -2.58. The average Bonchev–Trinajstić information content (AvgIpc) is 2.81. The van der Waals surface area contributed by atoms with Crippen molar-refractivity contribution < 1.29 is 15.7 Å². The molecule has 118 valence electrons. The average molecular weight is 294 g/mol. The summed E-state index contributed by atoms with van der Waals surface area (Å²) in [5, 5.41) is 20.9. The highest BCUT2D eigenvalue weighted by Gasteiger charge is 2.59. The molecule has 0 spiro atoms. The van der Waals surface area contributed by atoms with Gasteiger partial charge in [-0.15, -0.1) is 0 Å². The molecule has 0 aliphatic heterocycles. The summed E-state index contributed by atoms with van der Waals surface area (Å²) in [5.41, 5.74) is 0.131. The molecule has 4 aliphatic carbocycles. The topological polar surface area (TPSA) is 40.5 Å². The SMILES string of the molecule is [2H]C1([2H])C=C2CC([2H])([2H])[C@@H]3[C@H](CC[C@]4(C)[C@@H](O)CC[C@@H]34)[C@@]2(CO)CC1. The van der Waals surface area contributed by atoms with Crippen molar-refractivity contribution in [3.8, 4) is 0 Å². The van der Waals surface area contributed by atoms with E-state index < -0.39 is 18.2 Å². The van der Waals surface area contributed by atoms with Crippen LogP contribution < -0.4 is 0 Å². The molecule has 0 bridgehead atoms. The van der Waals surface area contributed by atoms with Gasteiger partial charge in [0.25, 0.3) is 0 Å². The molecule has 0 aromatic carbocycles. The molecule has 2 heteroatoms. The fraction of sp³-hybridized carbons (Fsp3) is 0.895. The van der Waals surface area contributed by atoms with E-state index in [-0.39, 0.29) is 42.3 Å². The summed E-state index contributed by atoms with van der Waals surface area (Å²) in [6.07, 6.45) is 2.98. The molecule has 4 aliphatic rings. The summed E-state index contributed by atoms with van der Waals surface area (Å²) in [7, 11) is 0. The zero-order chi connectivity index (χ0) is 18.3. The Bertz CT molecular complexity index is 604. The van der Waals surface area contributed by atoms with Crippen LogP contribution in [0.2, 0.25) is 0 Å². The van der Waals surface area contributed by atoms with E-state index in [0.29, 0.717) is 12.8 Å². The van der Waals surface area contributed by atoms with Gasteiger partial charge < -0.3 is 10.2 Å². The van der Waals surface area contributed by atoms with Crippen molar-refractivity contribution in [2.24, 2.45) is 28.6 Å². The molecule has 3 fully saturated rings. The molecule has 6 atom stereocenters. The third-order valence-corrected chi connectivity index (χ3v) is 7.37. The van der Waals surface area contributed by atoms with Crippen LogP contribution in [0, 0.1) is 28.6 Å². The summed E-state index contributed by atoms with van der Waals surface area (Å²) < 4.78 is 33.8. The number of rotatable bonds is 1. The van der Waals surface area contributed by atoms with Crippen LogP contribution in [0.15, 0.2) is 11.6 Å². The minimum atomic E-state index is -1.40. The lowest BCUT2D eigenvalue weighted by molar-refractivity contribution is -0.0903. The number of hydrogen-bond acceptors (Lipinski definition) is 2. The normalized spacial score (nSPS) is 60.2. The highest BCUT2D eigenvalue weighted by atomic mass is 16.3. The highest BCUT2D eigenvalue weighted by Crippen LogP contribution is 2.65. The third-order valence-electron chi connectivity index (χ3n) is 7.37. The van der Waals surface area contributed by atoms with Gasteiger partial charge in [0, 0.05) is 10.9 Å². The molecule has 0 amide bonds. The van der Waals surface area contributed by atoms with Crippen LogP contribution >= 0.6 is 0 Å². The van der Waals surface area contributed by atoms with Crippen molar-refractivity contribution >= 4 is 0 Å². The van der Waals surface area contributed by atoms with E-state index in [4.69, 9.17) is 5.48 Å². The Hall–Kier alpha value is -0.340. The molecule has 0 heterocycles.